The fourth-order valence-corrected chi connectivity index (χ4v) is 4.31. The Balaban J connectivity index is 1.75. The van der Waals surface area contributed by atoms with E-state index in [4.69, 9.17) is 28.2 Å². The molecule has 1 atom stereocenters. The van der Waals surface area contributed by atoms with Crippen LogP contribution in [0.15, 0.2) is 47.5 Å². The summed E-state index contributed by atoms with van der Waals surface area (Å²) in [5, 5.41) is 9.74. The number of fused-ring (bicyclic) bond motifs is 2. The van der Waals surface area contributed by atoms with E-state index in [0.29, 0.717) is 41.3 Å². The number of rotatable bonds is 5. The van der Waals surface area contributed by atoms with Crippen molar-refractivity contribution in [1.82, 2.24) is 19.5 Å². The van der Waals surface area contributed by atoms with Crippen molar-refractivity contribution in [3.05, 3.63) is 74.8 Å². The van der Waals surface area contributed by atoms with Gasteiger partial charge in [0.1, 0.15) is 23.7 Å². The molecule has 0 amide bonds. The van der Waals surface area contributed by atoms with E-state index in [1.165, 1.54) is 23.0 Å². The highest BCUT2D eigenvalue weighted by Gasteiger charge is 2.25. The summed E-state index contributed by atoms with van der Waals surface area (Å²) < 4.78 is 15.6. The van der Waals surface area contributed by atoms with E-state index < -0.39 is 17.4 Å². The minimum Gasteiger partial charge on any atom is -0.362 e. The third-order valence-electron chi connectivity index (χ3n) is 5.45. The molecular formula is C22H18Cl2FN7O. The zero-order valence-electron chi connectivity index (χ0n) is 17.4. The smallest absolute Gasteiger partial charge is 0.267 e. The SMILES string of the molecule is CCC(Nc1ncnc2c1NCN2)c1nc2ccc(F)c(Cl)c2c(=O)n1-c1ccccc1Cl. The lowest BCUT2D eigenvalue weighted by Gasteiger charge is -2.23. The molecule has 4 aromatic rings. The maximum atomic E-state index is 14.2. The van der Waals surface area contributed by atoms with Crippen molar-refractivity contribution in [2.45, 2.75) is 19.4 Å². The van der Waals surface area contributed by atoms with Crippen molar-refractivity contribution >= 4 is 51.4 Å². The van der Waals surface area contributed by atoms with Gasteiger partial charge in [0.25, 0.3) is 5.56 Å². The minimum absolute atomic E-state index is 0.0102. The van der Waals surface area contributed by atoms with Crippen LogP contribution < -0.4 is 21.5 Å². The predicted molar refractivity (Wildman–Crippen MR) is 128 cm³/mol. The van der Waals surface area contributed by atoms with Crippen LogP contribution in [0.1, 0.15) is 25.2 Å². The van der Waals surface area contributed by atoms with Gasteiger partial charge in [-0.15, -0.1) is 0 Å². The first-order valence-corrected chi connectivity index (χ1v) is 11.0. The van der Waals surface area contributed by atoms with Crippen molar-refractivity contribution in [2.75, 3.05) is 22.6 Å². The average molecular weight is 486 g/mol. The van der Waals surface area contributed by atoms with Crippen LogP contribution in [0.3, 0.4) is 0 Å². The number of halogens is 3. The van der Waals surface area contributed by atoms with Crippen LogP contribution >= 0.6 is 23.2 Å². The van der Waals surface area contributed by atoms with Crippen LogP contribution in [0.25, 0.3) is 16.6 Å². The fraction of sp³-hybridized carbons (Fsp3) is 0.182. The van der Waals surface area contributed by atoms with Crippen molar-refractivity contribution in [2.24, 2.45) is 0 Å². The van der Waals surface area contributed by atoms with Crippen molar-refractivity contribution in [1.29, 1.82) is 0 Å². The molecule has 8 nitrogen and oxygen atoms in total. The summed E-state index contributed by atoms with van der Waals surface area (Å²) in [6.45, 7) is 2.48. The van der Waals surface area contributed by atoms with Crippen LogP contribution in [0, 0.1) is 5.82 Å². The van der Waals surface area contributed by atoms with Gasteiger partial charge in [-0.3, -0.25) is 9.36 Å². The molecule has 0 saturated heterocycles. The molecule has 3 N–H and O–H groups in total. The summed E-state index contributed by atoms with van der Waals surface area (Å²) in [5.41, 5.74) is 0.925. The molecule has 0 radical (unpaired) electrons. The summed E-state index contributed by atoms with van der Waals surface area (Å²) >= 11 is 12.6. The molecule has 0 aliphatic carbocycles. The molecule has 1 unspecified atom stereocenters. The van der Waals surface area contributed by atoms with E-state index in [0.717, 1.165) is 5.69 Å². The summed E-state index contributed by atoms with van der Waals surface area (Å²) in [6, 6.07) is 9.09. The Morgan fingerprint density at radius 1 is 1.18 bits per heavy atom. The van der Waals surface area contributed by atoms with Crippen molar-refractivity contribution in [3.63, 3.8) is 0 Å². The maximum Gasteiger partial charge on any atom is 0.267 e. The van der Waals surface area contributed by atoms with Gasteiger partial charge in [-0.1, -0.05) is 42.3 Å². The van der Waals surface area contributed by atoms with Gasteiger partial charge < -0.3 is 16.0 Å². The van der Waals surface area contributed by atoms with Gasteiger partial charge in [0, 0.05) is 0 Å². The maximum absolute atomic E-state index is 14.2. The first kappa shape index (κ1) is 21.4. The van der Waals surface area contributed by atoms with E-state index in [-0.39, 0.29) is 15.9 Å². The number of para-hydroxylation sites is 1. The van der Waals surface area contributed by atoms with Crippen LogP contribution in [0.5, 0.6) is 0 Å². The van der Waals surface area contributed by atoms with Crippen LogP contribution in [-0.2, 0) is 0 Å². The van der Waals surface area contributed by atoms with E-state index in [2.05, 4.69) is 25.9 Å². The molecule has 11 heteroatoms. The summed E-state index contributed by atoms with van der Waals surface area (Å²) in [4.78, 5) is 27.0. The minimum atomic E-state index is -0.693. The zero-order valence-corrected chi connectivity index (χ0v) is 18.9. The van der Waals surface area contributed by atoms with E-state index in [1.54, 1.807) is 24.3 Å². The highest BCUT2D eigenvalue weighted by molar-refractivity contribution is 6.35. The van der Waals surface area contributed by atoms with Gasteiger partial charge in [0.15, 0.2) is 11.6 Å². The standard InChI is InChI=1S/C22H18Cl2FN7O/c1-2-13(30-20-18-19(27-9-26-18)28-10-29-20)21-31-14-8-7-12(25)17(24)16(14)22(33)32(21)15-6-4-3-5-11(15)23/h3-8,10,13,26H,2,9H2,1H3,(H2,27,28,29,30). The molecule has 2 aromatic heterocycles. The third-order valence-corrected chi connectivity index (χ3v) is 6.14. The molecule has 0 fully saturated rings. The molecule has 0 spiro atoms. The Morgan fingerprint density at radius 3 is 2.79 bits per heavy atom. The molecule has 0 saturated carbocycles. The molecule has 3 heterocycles. The predicted octanol–water partition coefficient (Wildman–Crippen LogP) is 4.98. The molecule has 1 aliphatic rings. The summed E-state index contributed by atoms with van der Waals surface area (Å²) in [5.74, 6) is 0.944. The summed E-state index contributed by atoms with van der Waals surface area (Å²) in [6.07, 6.45) is 2.01. The van der Waals surface area contributed by atoms with Crippen LogP contribution in [0.2, 0.25) is 10.0 Å². The largest absolute Gasteiger partial charge is 0.362 e. The van der Waals surface area contributed by atoms with Crippen LogP contribution in [-0.4, -0.2) is 26.2 Å². The van der Waals surface area contributed by atoms with Gasteiger partial charge >= 0.3 is 0 Å². The fourth-order valence-electron chi connectivity index (χ4n) is 3.85. The van der Waals surface area contributed by atoms with Gasteiger partial charge in [0.05, 0.1) is 39.3 Å². The van der Waals surface area contributed by atoms with Gasteiger partial charge in [-0.05, 0) is 30.7 Å². The average Bonchev–Trinajstić information content (AvgIpc) is 3.30. The molecule has 0 bridgehead atoms. The number of benzene rings is 2. The monoisotopic (exact) mass is 485 g/mol. The number of nitrogens with zero attached hydrogens (tertiary/aromatic N) is 4. The number of aromatic nitrogens is 4. The lowest BCUT2D eigenvalue weighted by atomic mass is 10.1. The Kier molecular flexibility index (Phi) is 5.51. The van der Waals surface area contributed by atoms with Crippen molar-refractivity contribution in [3.8, 4) is 5.69 Å². The number of nitrogens with one attached hydrogen (secondary N) is 3. The van der Waals surface area contributed by atoms with Crippen molar-refractivity contribution < 1.29 is 4.39 Å². The lowest BCUT2D eigenvalue weighted by molar-refractivity contribution is 0.628. The highest BCUT2D eigenvalue weighted by Crippen LogP contribution is 2.34. The van der Waals surface area contributed by atoms with Gasteiger partial charge in [-0.2, -0.15) is 0 Å². The zero-order chi connectivity index (χ0) is 23.1. The third kappa shape index (κ3) is 3.63. The number of hydrogen-bond donors (Lipinski definition) is 3. The number of anilines is 3. The second-order valence-corrected chi connectivity index (χ2v) is 8.18. The molecule has 168 valence electrons. The molecule has 5 rings (SSSR count). The molecule has 1 aliphatic heterocycles. The summed E-state index contributed by atoms with van der Waals surface area (Å²) in [7, 11) is 0. The second kappa shape index (κ2) is 8.49. The molecule has 33 heavy (non-hydrogen) atoms. The second-order valence-electron chi connectivity index (χ2n) is 7.40. The molecule has 2 aromatic carbocycles. The van der Waals surface area contributed by atoms with Gasteiger partial charge in [0.2, 0.25) is 0 Å². The van der Waals surface area contributed by atoms with E-state index in [1.807, 2.05) is 6.92 Å². The molecular weight excluding hydrogens is 468 g/mol. The van der Waals surface area contributed by atoms with E-state index >= 15 is 0 Å². The first-order chi connectivity index (χ1) is 16.0. The number of hydrogen-bond acceptors (Lipinski definition) is 7. The highest BCUT2D eigenvalue weighted by atomic mass is 35.5. The Morgan fingerprint density at radius 2 is 2.00 bits per heavy atom. The van der Waals surface area contributed by atoms with E-state index in [9.17, 15) is 9.18 Å². The topological polar surface area (TPSA) is 96.8 Å². The first-order valence-electron chi connectivity index (χ1n) is 10.2. The van der Waals surface area contributed by atoms with Gasteiger partial charge in [-0.25, -0.2) is 19.3 Å². The Bertz CT molecular complexity index is 1440. The normalized spacial score (nSPS) is 13.3. The lowest BCUT2D eigenvalue weighted by Crippen LogP contribution is -2.29. The quantitative estimate of drug-likeness (QED) is 0.366. The van der Waals surface area contributed by atoms with Crippen LogP contribution in [0.4, 0.5) is 21.7 Å². The Labute approximate surface area is 197 Å². The Hall–Kier alpha value is -3.43.